The topological polar surface area (TPSA) is 77.5 Å². The number of hydrogen-bond acceptors (Lipinski definition) is 6. The first-order valence-electron chi connectivity index (χ1n) is 10.7. The monoisotopic (exact) mass is 427 g/mol. The van der Waals surface area contributed by atoms with Crippen molar-refractivity contribution in [2.24, 2.45) is 5.92 Å². The molecule has 0 aromatic heterocycles. The fraction of sp³-hybridized carbons (Fsp3) is 0.458. The number of carbonyl (C=O) groups is 1. The van der Waals surface area contributed by atoms with E-state index >= 15 is 0 Å². The van der Waals surface area contributed by atoms with Crippen LogP contribution < -0.4 is 14.2 Å². The second-order valence-corrected chi connectivity index (χ2v) is 7.91. The fourth-order valence-corrected chi connectivity index (χ4v) is 4.57. The molecule has 1 saturated heterocycles. The SMILES string of the molecule is CCCOCCN1CC(c2ccc(OC)cc2)C(C(=O)O)C1c1ccc2c(c1)OCO2. The van der Waals surface area contributed by atoms with E-state index in [4.69, 9.17) is 18.9 Å². The molecule has 3 unspecified atom stereocenters. The van der Waals surface area contributed by atoms with Crippen LogP contribution in [0.4, 0.5) is 0 Å². The van der Waals surface area contributed by atoms with Gasteiger partial charge in [0.25, 0.3) is 0 Å². The van der Waals surface area contributed by atoms with Crippen molar-refractivity contribution in [3.05, 3.63) is 53.6 Å². The molecule has 0 saturated carbocycles. The molecule has 2 aliphatic heterocycles. The molecule has 0 radical (unpaired) electrons. The highest BCUT2D eigenvalue weighted by Crippen LogP contribution is 2.47. The number of likely N-dealkylation sites (tertiary alicyclic amines) is 1. The normalized spacial score (nSPS) is 22.6. The lowest BCUT2D eigenvalue weighted by molar-refractivity contribution is -0.143. The van der Waals surface area contributed by atoms with Gasteiger partial charge in [-0.1, -0.05) is 25.1 Å². The Labute approximate surface area is 182 Å². The number of methoxy groups -OCH3 is 1. The van der Waals surface area contributed by atoms with Crippen molar-refractivity contribution in [3.8, 4) is 17.2 Å². The van der Waals surface area contributed by atoms with Crippen molar-refractivity contribution in [2.75, 3.05) is 40.2 Å². The second-order valence-electron chi connectivity index (χ2n) is 7.91. The summed E-state index contributed by atoms with van der Waals surface area (Å²) in [5.74, 6) is 0.561. The zero-order valence-electron chi connectivity index (χ0n) is 18.0. The van der Waals surface area contributed by atoms with Crippen molar-refractivity contribution in [3.63, 3.8) is 0 Å². The summed E-state index contributed by atoms with van der Waals surface area (Å²) in [6.07, 6.45) is 0.956. The van der Waals surface area contributed by atoms with Crippen LogP contribution in [0.25, 0.3) is 0 Å². The van der Waals surface area contributed by atoms with Gasteiger partial charge >= 0.3 is 5.97 Å². The summed E-state index contributed by atoms with van der Waals surface area (Å²) in [7, 11) is 1.62. The molecule has 7 heteroatoms. The van der Waals surface area contributed by atoms with Gasteiger partial charge in [-0.2, -0.15) is 0 Å². The Morgan fingerprint density at radius 3 is 2.55 bits per heavy atom. The molecule has 1 fully saturated rings. The largest absolute Gasteiger partial charge is 0.497 e. The Morgan fingerprint density at radius 1 is 1.10 bits per heavy atom. The van der Waals surface area contributed by atoms with E-state index in [2.05, 4.69) is 11.8 Å². The van der Waals surface area contributed by atoms with Gasteiger partial charge in [0, 0.05) is 31.7 Å². The maximum atomic E-state index is 12.5. The lowest BCUT2D eigenvalue weighted by Crippen LogP contribution is -2.31. The summed E-state index contributed by atoms with van der Waals surface area (Å²) in [6, 6.07) is 13.1. The van der Waals surface area contributed by atoms with E-state index in [1.807, 2.05) is 42.5 Å². The number of rotatable bonds is 9. The molecule has 2 aromatic rings. The van der Waals surface area contributed by atoms with Gasteiger partial charge in [-0.15, -0.1) is 0 Å². The van der Waals surface area contributed by atoms with Crippen molar-refractivity contribution < 1.29 is 28.8 Å². The quantitative estimate of drug-likeness (QED) is 0.612. The van der Waals surface area contributed by atoms with Gasteiger partial charge in [0.15, 0.2) is 11.5 Å². The number of benzene rings is 2. The molecule has 166 valence electrons. The van der Waals surface area contributed by atoms with Gasteiger partial charge < -0.3 is 24.1 Å². The van der Waals surface area contributed by atoms with Crippen molar-refractivity contribution in [1.29, 1.82) is 0 Å². The Morgan fingerprint density at radius 2 is 1.84 bits per heavy atom. The van der Waals surface area contributed by atoms with Crippen LogP contribution in [0.3, 0.4) is 0 Å². The Bertz CT molecular complexity index is 899. The summed E-state index contributed by atoms with van der Waals surface area (Å²) in [5, 5.41) is 10.3. The molecule has 1 N–H and O–H groups in total. The first-order valence-corrected chi connectivity index (χ1v) is 10.7. The van der Waals surface area contributed by atoms with Crippen LogP contribution in [-0.2, 0) is 9.53 Å². The lowest BCUT2D eigenvalue weighted by atomic mass is 9.83. The average molecular weight is 427 g/mol. The van der Waals surface area contributed by atoms with E-state index in [0.717, 1.165) is 23.3 Å². The fourth-order valence-electron chi connectivity index (χ4n) is 4.57. The van der Waals surface area contributed by atoms with Gasteiger partial charge in [-0.3, -0.25) is 9.69 Å². The number of nitrogens with zero attached hydrogens (tertiary/aromatic N) is 1. The van der Waals surface area contributed by atoms with Crippen LogP contribution in [0.1, 0.15) is 36.4 Å². The van der Waals surface area contributed by atoms with Crippen molar-refractivity contribution >= 4 is 5.97 Å². The van der Waals surface area contributed by atoms with E-state index in [0.29, 0.717) is 37.8 Å². The lowest BCUT2D eigenvalue weighted by Gasteiger charge is -2.27. The molecule has 7 nitrogen and oxygen atoms in total. The molecule has 4 rings (SSSR count). The van der Waals surface area contributed by atoms with Crippen molar-refractivity contribution in [1.82, 2.24) is 4.90 Å². The van der Waals surface area contributed by atoms with Gasteiger partial charge in [-0.05, 0) is 41.8 Å². The molecule has 0 aliphatic carbocycles. The number of ether oxygens (including phenoxy) is 4. The zero-order valence-corrected chi connectivity index (χ0v) is 18.0. The van der Waals surface area contributed by atoms with E-state index in [-0.39, 0.29) is 18.8 Å². The molecule has 2 aliphatic rings. The third-order valence-electron chi connectivity index (χ3n) is 6.04. The maximum absolute atomic E-state index is 12.5. The van der Waals surface area contributed by atoms with E-state index in [9.17, 15) is 9.90 Å². The van der Waals surface area contributed by atoms with Gasteiger partial charge in [0.2, 0.25) is 6.79 Å². The highest BCUT2D eigenvalue weighted by molar-refractivity contribution is 5.74. The molecular weight excluding hydrogens is 398 g/mol. The van der Waals surface area contributed by atoms with Crippen LogP contribution in [0.5, 0.6) is 17.2 Å². The van der Waals surface area contributed by atoms with Crippen LogP contribution in [0, 0.1) is 5.92 Å². The van der Waals surface area contributed by atoms with Gasteiger partial charge in [0.1, 0.15) is 5.75 Å². The smallest absolute Gasteiger partial charge is 0.309 e. The average Bonchev–Trinajstić information content (AvgIpc) is 3.41. The predicted molar refractivity (Wildman–Crippen MR) is 115 cm³/mol. The Balaban J connectivity index is 1.66. The number of carboxylic acids is 1. The summed E-state index contributed by atoms with van der Waals surface area (Å²) in [6.45, 7) is 4.83. The van der Waals surface area contributed by atoms with Gasteiger partial charge in [0.05, 0.1) is 19.6 Å². The highest BCUT2D eigenvalue weighted by atomic mass is 16.7. The van der Waals surface area contributed by atoms with Crippen LogP contribution in [0.2, 0.25) is 0 Å². The predicted octanol–water partition coefficient (Wildman–Crippen LogP) is 3.69. The van der Waals surface area contributed by atoms with E-state index in [1.165, 1.54) is 0 Å². The number of aliphatic carboxylic acids is 1. The standard InChI is InChI=1S/C24H29NO6/c1-3-11-29-12-10-25-14-19(16-4-7-18(28-2)8-5-16)22(24(26)27)23(25)17-6-9-20-21(13-17)31-15-30-20/h4-9,13,19,22-23H,3,10-12,14-15H2,1-2H3,(H,26,27). The first kappa shape index (κ1) is 21.5. The summed E-state index contributed by atoms with van der Waals surface area (Å²) >= 11 is 0. The third kappa shape index (κ3) is 4.48. The van der Waals surface area contributed by atoms with E-state index < -0.39 is 11.9 Å². The van der Waals surface area contributed by atoms with Gasteiger partial charge in [-0.25, -0.2) is 0 Å². The minimum atomic E-state index is -0.805. The number of fused-ring (bicyclic) bond motifs is 1. The molecule has 2 aromatic carbocycles. The first-order chi connectivity index (χ1) is 15.1. The number of carboxylic acid groups (broad SMARTS) is 1. The highest BCUT2D eigenvalue weighted by Gasteiger charge is 2.47. The minimum absolute atomic E-state index is 0.148. The molecule has 2 heterocycles. The Hall–Kier alpha value is -2.77. The third-order valence-corrected chi connectivity index (χ3v) is 6.04. The molecular formula is C24H29NO6. The minimum Gasteiger partial charge on any atom is -0.497 e. The Kier molecular flexibility index (Phi) is 6.63. The van der Waals surface area contributed by atoms with Crippen LogP contribution in [0.15, 0.2) is 42.5 Å². The maximum Gasteiger partial charge on any atom is 0.309 e. The molecule has 31 heavy (non-hydrogen) atoms. The summed E-state index contributed by atoms with van der Waals surface area (Å²) in [5.41, 5.74) is 1.92. The molecule has 3 atom stereocenters. The van der Waals surface area contributed by atoms with E-state index in [1.54, 1.807) is 7.11 Å². The van der Waals surface area contributed by atoms with Crippen LogP contribution in [-0.4, -0.2) is 56.2 Å². The summed E-state index contributed by atoms with van der Waals surface area (Å²) < 4.78 is 22.0. The van der Waals surface area contributed by atoms with Crippen molar-refractivity contribution in [2.45, 2.75) is 25.3 Å². The number of hydrogen-bond donors (Lipinski definition) is 1. The second kappa shape index (κ2) is 9.58. The zero-order chi connectivity index (χ0) is 21.8. The molecule has 0 amide bonds. The van der Waals surface area contributed by atoms with Crippen LogP contribution >= 0.6 is 0 Å². The molecule has 0 spiro atoms. The molecule has 0 bridgehead atoms. The summed E-state index contributed by atoms with van der Waals surface area (Å²) in [4.78, 5) is 14.7.